The first-order valence-corrected chi connectivity index (χ1v) is 6.69. The topological polar surface area (TPSA) is 55.4 Å². The number of anilines is 1. The fraction of sp³-hybridized carbons (Fsp3) is 0.176. The van der Waals surface area contributed by atoms with Crippen LogP contribution >= 0.6 is 0 Å². The van der Waals surface area contributed by atoms with Gasteiger partial charge in [-0.2, -0.15) is 0 Å². The molecule has 0 spiro atoms. The minimum Gasteiger partial charge on any atom is -0.486 e. The molecule has 0 aliphatic heterocycles. The van der Waals surface area contributed by atoms with E-state index in [-0.39, 0.29) is 18.3 Å². The van der Waals surface area contributed by atoms with Gasteiger partial charge in [-0.05, 0) is 29.8 Å². The smallest absolute Gasteiger partial charge is 0.221 e. The molecule has 2 aromatic rings. The van der Waals surface area contributed by atoms with Gasteiger partial charge in [0.1, 0.15) is 12.4 Å². The van der Waals surface area contributed by atoms with Crippen LogP contribution in [0.4, 0.5) is 5.69 Å². The molecule has 2 rings (SSSR count). The highest BCUT2D eigenvalue weighted by atomic mass is 16.5. The Morgan fingerprint density at radius 2 is 1.67 bits per heavy atom. The van der Waals surface area contributed by atoms with Gasteiger partial charge in [0.05, 0.1) is 0 Å². The molecule has 1 amide bonds. The minimum absolute atomic E-state index is 0.0205. The molecule has 0 unspecified atom stereocenters. The highest BCUT2D eigenvalue weighted by molar-refractivity contribution is 5.88. The first kappa shape index (κ1) is 14.8. The van der Waals surface area contributed by atoms with Crippen molar-refractivity contribution in [2.45, 2.75) is 13.3 Å². The fourth-order valence-electron chi connectivity index (χ4n) is 1.88. The lowest BCUT2D eigenvalue weighted by molar-refractivity contribution is -0.120. The molecule has 108 valence electrons. The summed E-state index contributed by atoms with van der Waals surface area (Å²) in [5, 5.41) is 2.67. The number of carbonyl (C=O) groups is 2. The SMILES string of the molecule is CC(=O)Nc1ccc(OCC(=O)Cc2ccccc2)cc1. The molecule has 0 aromatic heterocycles. The largest absolute Gasteiger partial charge is 0.486 e. The zero-order valence-electron chi connectivity index (χ0n) is 11.8. The average Bonchev–Trinajstić information content (AvgIpc) is 2.47. The van der Waals surface area contributed by atoms with E-state index in [4.69, 9.17) is 4.74 Å². The predicted octanol–water partition coefficient (Wildman–Crippen LogP) is 2.84. The number of Topliss-reactive ketones (excluding diaryl/α,β-unsaturated/α-hetero) is 1. The summed E-state index contributed by atoms with van der Waals surface area (Å²) in [5.41, 5.74) is 1.68. The predicted molar refractivity (Wildman–Crippen MR) is 81.4 cm³/mol. The number of amides is 1. The second-order valence-electron chi connectivity index (χ2n) is 4.70. The first-order valence-electron chi connectivity index (χ1n) is 6.69. The van der Waals surface area contributed by atoms with E-state index in [9.17, 15) is 9.59 Å². The maximum absolute atomic E-state index is 11.8. The molecule has 21 heavy (non-hydrogen) atoms. The number of ether oxygens (including phenoxy) is 1. The van der Waals surface area contributed by atoms with E-state index in [1.165, 1.54) is 6.92 Å². The summed E-state index contributed by atoms with van der Waals surface area (Å²) in [6, 6.07) is 16.5. The third-order valence-electron chi connectivity index (χ3n) is 2.82. The van der Waals surface area contributed by atoms with Crippen molar-refractivity contribution in [2.75, 3.05) is 11.9 Å². The summed E-state index contributed by atoms with van der Waals surface area (Å²) in [4.78, 5) is 22.7. The van der Waals surface area contributed by atoms with Gasteiger partial charge in [-0.15, -0.1) is 0 Å². The van der Waals surface area contributed by atoms with Crippen molar-refractivity contribution < 1.29 is 14.3 Å². The van der Waals surface area contributed by atoms with E-state index in [1.54, 1.807) is 24.3 Å². The normalized spacial score (nSPS) is 9.95. The number of ketones is 1. The average molecular weight is 283 g/mol. The Bertz CT molecular complexity index is 606. The van der Waals surface area contributed by atoms with Crippen LogP contribution in [0.2, 0.25) is 0 Å². The van der Waals surface area contributed by atoms with Gasteiger partial charge in [0.25, 0.3) is 0 Å². The minimum atomic E-state index is -0.123. The summed E-state index contributed by atoms with van der Waals surface area (Å²) in [6.45, 7) is 1.49. The third-order valence-corrected chi connectivity index (χ3v) is 2.82. The van der Waals surface area contributed by atoms with Crippen LogP contribution in [0.15, 0.2) is 54.6 Å². The number of hydrogen-bond donors (Lipinski definition) is 1. The highest BCUT2D eigenvalue weighted by Gasteiger charge is 2.05. The standard InChI is InChI=1S/C17H17NO3/c1-13(19)18-15-7-9-17(10-8-15)21-12-16(20)11-14-5-3-2-4-6-14/h2-10H,11-12H2,1H3,(H,18,19). The monoisotopic (exact) mass is 283 g/mol. The maximum Gasteiger partial charge on any atom is 0.221 e. The van der Waals surface area contributed by atoms with Gasteiger partial charge >= 0.3 is 0 Å². The molecule has 0 radical (unpaired) electrons. The molecular weight excluding hydrogens is 266 g/mol. The molecule has 2 aromatic carbocycles. The van der Waals surface area contributed by atoms with Gasteiger partial charge in [-0.3, -0.25) is 9.59 Å². The van der Waals surface area contributed by atoms with Gasteiger partial charge in [-0.25, -0.2) is 0 Å². The van der Waals surface area contributed by atoms with Crippen molar-refractivity contribution in [2.24, 2.45) is 0 Å². The summed E-state index contributed by atoms with van der Waals surface area (Å²) in [5.74, 6) is 0.499. The van der Waals surface area contributed by atoms with Gasteiger partial charge < -0.3 is 10.1 Å². The molecule has 0 fully saturated rings. The molecule has 1 N–H and O–H groups in total. The first-order chi connectivity index (χ1) is 10.1. The van der Waals surface area contributed by atoms with Crippen LogP contribution in [-0.2, 0) is 16.0 Å². The Hall–Kier alpha value is -2.62. The Labute approximate surface area is 123 Å². The van der Waals surface area contributed by atoms with Crippen LogP contribution in [-0.4, -0.2) is 18.3 Å². The Balaban J connectivity index is 1.82. The molecule has 4 heteroatoms. The molecule has 0 saturated carbocycles. The molecule has 0 aliphatic carbocycles. The van der Waals surface area contributed by atoms with Gasteiger partial charge in [-0.1, -0.05) is 30.3 Å². The summed E-state index contributed by atoms with van der Waals surface area (Å²) in [7, 11) is 0. The molecule has 0 bridgehead atoms. The van der Waals surface area contributed by atoms with Crippen LogP contribution < -0.4 is 10.1 Å². The third kappa shape index (κ3) is 5.10. The van der Waals surface area contributed by atoms with E-state index in [0.717, 1.165) is 5.56 Å². The number of nitrogens with one attached hydrogen (secondary N) is 1. The second kappa shape index (κ2) is 7.24. The summed E-state index contributed by atoms with van der Waals surface area (Å²) in [6.07, 6.45) is 0.366. The number of rotatable bonds is 6. The Morgan fingerprint density at radius 3 is 2.29 bits per heavy atom. The van der Waals surface area contributed by atoms with E-state index >= 15 is 0 Å². The molecule has 0 heterocycles. The van der Waals surface area contributed by atoms with Crippen molar-refractivity contribution in [1.82, 2.24) is 0 Å². The number of hydrogen-bond acceptors (Lipinski definition) is 3. The van der Waals surface area contributed by atoms with Crippen LogP contribution in [0.25, 0.3) is 0 Å². The molecular formula is C17H17NO3. The Morgan fingerprint density at radius 1 is 1.00 bits per heavy atom. The maximum atomic E-state index is 11.8. The fourth-order valence-corrected chi connectivity index (χ4v) is 1.88. The van der Waals surface area contributed by atoms with E-state index in [1.807, 2.05) is 30.3 Å². The summed E-state index contributed by atoms with van der Waals surface area (Å²) < 4.78 is 5.44. The van der Waals surface area contributed by atoms with Crippen molar-refractivity contribution in [3.05, 3.63) is 60.2 Å². The molecule has 0 aliphatic rings. The lowest BCUT2D eigenvalue weighted by atomic mass is 10.1. The quantitative estimate of drug-likeness (QED) is 0.887. The number of benzene rings is 2. The highest BCUT2D eigenvalue weighted by Crippen LogP contribution is 2.15. The van der Waals surface area contributed by atoms with Crippen molar-refractivity contribution in [3.8, 4) is 5.75 Å². The van der Waals surface area contributed by atoms with E-state index in [2.05, 4.69) is 5.32 Å². The summed E-state index contributed by atoms with van der Waals surface area (Å²) >= 11 is 0. The van der Waals surface area contributed by atoms with Crippen molar-refractivity contribution in [3.63, 3.8) is 0 Å². The van der Waals surface area contributed by atoms with E-state index in [0.29, 0.717) is 17.9 Å². The molecule has 0 saturated heterocycles. The Kier molecular flexibility index (Phi) is 5.10. The zero-order chi connectivity index (χ0) is 15.1. The van der Waals surface area contributed by atoms with Crippen molar-refractivity contribution >= 4 is 17.4 Å². The molecule has 4 nitrogen and oxygen atoms in total. The van der Waals surface area contributed by atoms with Crippen LogP contribution in [0.1, 0.15) is 12.5 Å². The van der Waals surface area contributed by atoms with Crippen LogP contribution in [0.5, 0.6) is 5.75 Å². The van der Waals surface area contributed by atoms with Gasteiger partial charge in [0.15, 0.2) is 5.78 Å². The van der Waals surface area contributed by atoms with Crippen molar-refractivity contribution in [1.29, 1.82) is 0 Å². The molecule has 0 atom stereocenters. The zero-order valence-corrected chi connectivity index (χ0v) is 11.8. The van der Waals surface area contributed by atoms with Crippen LogP contribution in [0.3, 0.4) is 0 Å². The second-order valence-corrected chi connectivity index (χ2v) is 4.70. The lowest BCUT2D eigenvalue weighted by Gasteiger charge is -2.07. The van der Waals surface area contributed by atoms with Crippen LogP contribution in [0, 0.1) is 0 Å². The van der Waals surface area contributed by atoms with E-state index < -0.39 is 0 Å². The number of carbonyl (C=O) groups excluding carboxylic acids is 2. The van der Waals surface area contributed by atoms with Gasteiger partial charge in [0.2, 0.25) is 5.91 Å². The lowest BCUT2D eigenvalue weighted by Crippen LogP contribution is -2.13. The van der Waals surface area contributed by atoms with Gasteiger partial charge in [0, 0.05) is 19.0 Å².